The average molecular weight is 391 g/mol. The molecule has 2 N–H and O–H groups in total. The summed E-state index contributed by atoms with van der Waals surface area (Å²) in [6.45, 7) is 0.459. The highest BCUT2D eigenvalue weighted by Crippen LogP contribution is 2.30. The summed E-state index contributed by atoms with van der Waals surface area (Å²) in [4.78, 5) is 25.0. The van der Waals surface area contributed by atoms with Gasteiger partial charge in [0.1, 0.15) is 0 Å². The maximum absolute atomic E-state index is 12.6. The van der Waals surface area contributed by atoms with Crippen LogP contribution in [0.4, 0.5) is 0 Å². The molecule has 2 aliphatic carbocycles. The van der Waals surface area contributed by atoms with Gasteiger partial charge in [-0.1, -0.05) is 55.5 Å². The summed E-state index contributed by atoms with van der Waals surface area (Å²) >= 11 is 6.14. The molecule has 2 amide bonds. The predicted octanol–water partition coefficient (Wildman–Crippen LogP) is 4.60. The van der Waals surface area contributed by atoms with E-state index in [-0.39, 0.29) is 23.7 Å². The average Bonchev–Trinajstić information content (AvgIpc) is 2.96. The number of amides is 2. The highest BCUT2D eigenvalue weighted by molar-refractivity contribution is 6.31. The van der Waals surface area contributed by atoms with Crippen LogP contribution in [0.15, 0.2) is 24.3 Å². The van der Waals surface area contributed by atoms with E-state index in [1.807, 2.05) is 24.3 Å². The molecule has 0 heterocycles. The smallest absolute Gasteiger partial charge is 0.223 e. The Kier molecular flexibility index (Phi) is 7.57. The van der Waals surface area contributed by atoms with Gasteiger partial charge in [-0.05, 0) is 50.2 Å². The van der Waals surface area contributed by atoms with Crippen LogP contribution >= 0.6 is 11.6 Å². The van der Waals surface area contributed by atoms with E-state index in [9.17, 15) is 9.59 Å². The topological polar surface area (TPSA) is 58.2 Å². The molecule has 0 aliphatic heterocycles. The van der Waals surface area contributed by atoms with Gasteiger partial charge >= 0.3 is 0 Å². The summed E-state index contributed by atoms with van der Waals surface area (Å²) in [6.07, 6.45) is 10.5. The summed E-state index contributed by atoms with van der Waals surface area (Å²) in [6, 6.07) is 7.93. The van der Waals surface area contributed by atoms with Gasteiger partial charge in [-0.15, -0.1) is 0 Å². The summed E-state index contributed by atoms with van der Waals surface area (Å²) < 4.78 is 0. The van der Waals surface area contributed by atoms with Crippen LogP contribution < -0.4 is 10.6 Å². The minimum absolute atomic E-state index is 0.00872. The second-order valence-corrected chi connectivity index (χ2v) is 8.46. The van der Waals surface area contributed by atoms with Gasteiger partial charge in [-0.25, -0.2) is 0 Å². The molecule has 5 heteroatoms. The van der Waals surface area contributed by atoms with Crippen LogP contribution in [-0.2, 0) is 16.1 Å². The van der Waals surface area contributed by atoms with Crippen molar-refractivity contribution in [2.24, 2.45) is 11.8 Å². The van der Waals surface area contributed by atoms with E-state index in [0.29, 0.717) is 17.6 Å². The number of carbonyl (C=O) groups is 2. The number of nitrogens with one attached hydrogen (secondary N) is 2. The van der Waals surface area contributed by atoms with E-state index in [0.717, 1.165) is 44.1 Å². The maximum atomic E-state index is 12.6. The molecule has 0 spiro atoms. The molecule has 0 aromatic heterocycles. The molecule has 0 unspecified atom stereocenters. The van der Waals surface area contributed by atoms with Crippen LogP contribution in [0.3, 0.4) is 0 Å². The molecule has 2 fully saturated rings. The molecule has 2 saturated carbocycles. The first kappa shape index (κ1) is 20.2. The zero-order valence-corrected chi connectivity index (χ0v) is 16.8. The van der Waals surface area contributed by atoms with Gasteiger partial charge < -0.3 is 10.6 Å². The van der Waals surface area contributed by atoms with Crippen molar-refractivity contribution in [3.05, 3.63) is 34.9 Å². The summed E-state index contributed by atoms with van der Waals surface area (Å²) in [5.74, 6) is 0.365. The van der Waals surface area contributed by atoms with Crippen molar-refractivity contribution < 1.29 is 9.59 Å². The Labute approximate surface area is 167 Å². The highest BCUT2D eigenvalue weighted by atomic mass is 35.5. The highest BCUT2D eigenvalue weighted by Gasteiger charge is 2.30. The number of carbonyl (C=O) groups excluding carboxylic acids is 2. The standard InChI is InChI=1S/C22H31ClN2O2/c23-20-10-6-5-7-18(20)15-24-21(26)16-11-13-17(14-12-16)22(27)25-19-8-3-1-2-4-9-19/h5-7,10,16-17,19H,1-4,8-9,11-15H2,(H,24,26)(H,25,27). The first-order valence-corrected chi connectivity index (χ1v) is 10.8. The molecule has 0 radical (unpaired) electrons. The minimum atomic E-state index is 0.00872. The second-order valence-electron chi connectivity index (χ2n) is 8.05. The fourth-order valence-electron chi connectivity index (χ4n) is 4.33. The van der Waals surface area contributed by atoms with Crippen LogP contribution in [0.2, 0.25) is 5.02 Å². The SMILES string of the molecule is O=C(NCc1ccccc1Cl)C1CCC(C(=O)NC2CCCCCC2)CC1. The van der Waals surface area contributed by atoms with Crippen molar-refractivity contribution >= 4 is 23.4 Å². The van der Waals surface area contributed by atoms with E-state index >= 15 is 0 Å². The van der Waals surface area contributed by atoms with Crippen molar-refractivity contribution in [1.82, 2.24) is 10.6 Å². The number of hydrogen-bond acceptors (Lipinski definition) is 2. The molecule has 1 aromatic rings. The fraction of sp³-hybridized carbons (Fsp3) is 0.636. The molecule has 2 aliphatic rings. The largest absolute Gasteiger partial charge is 0.353 e. The molecule has 3 rings (SSSR count). The van der Waals surface area contributed by atoms with Gasteiger partial charge in [0.15, 0.2) is 0 Å². The Morgan fingerprint density at radius 1 is 0.852 bits per heavy atom. The van der Waals surface area contributed by atoms with Crippen LogP contribution in [0.1, 0.15) is 69.8 Å². The summed E-state index contributed by atoms with van der Waals surface area (Å²) in [5, 5.41) is 6.95. The predicted molar refractivity (Wildman–Crippen MR) is 108 cm³/mol. The summed E-state index contributed by atoms with van der Waals surface area (Å²) in [7, 11) is 0. The van der Waals surface area contributed by atoms with Crippen molar-refractivity contribution in [1.29, 1.82) is 0 Å². The fourth-order valence-corrected chi connectivity index (χ4v) is 4.53. The van der Waals surface area contributed by atoms with Gasteiger partial charge in [0.25, 0.3) is 0 Å². The van der Waals surface area contributed by atoms with Crippen LogP contribution in [-0.4, -0.2) is 17.9 Å². The number of halogens is 1. The lowest BCUT2D eigenvalue weighted by molar-refractivity contribution is -0.131. The Morgan fingerprint density at radius 3 is 2.07 bits per heavy atom. The zero-order valence-electron chi connectivity index (χ0n) is 16.0. The molecule has 0 atom stereocenters. The van der Waals surface area contributed by atoms with Crippen molar-refractivity contribution in [2.45, 2.75) is 76.8 Å². The zero-order chi connectivity index (χ0) is 19.1. The molecule has 4 nitrogen and oxygen atoms in total. The van der Waals surface area contributed by atoms with Gasteiger partial charge in [0, 0.05) is 29.4 Å². The lowest BCUT2D eigenvalue weighted by Gasteiger charge is -2.28. The van der Waals surface area contributed by atoms with Crippen LogP contribution in [0.25, 0.3) is 0 Å². The third-order valence-electron chi connectivity index (χ3n) is 6.08. The van der Waals surface area contributed by atoms with Crippen LogP contribution in [0.5, 0.6) is 0 Å². The number of benzene rings is 1. The summed E-state index contributed by atoms with van der Waals surface area (Å²) in [5.41, 5.74) is 0.934. The van der Waals surface area contributed by atoms with Gasteiger partial charge in [-0.2, -0.15) is 0 Å². The molecule has 0 bridgehead atoms. The maximum Gasteiger partial charge on any atom is 0.223 e. The molecular formula is C22H31ClN2O2. The van der Waals surface area contributed by atoms with Crippen molar-refractivity contribution in [2.75, 3.05) is 0 Å². The first-order chi connectivity index (χ1) is 13.1. The quantitative estimate of drug-likeness (QED) is 0.721. The second kappa shape index (κ2) is 10.1. The normalized spacial score (nSPS) is 24.0. The monoisotopic (exact) mass is 390 g/mol. The Bertz CT molecular complexity index is 633. The first-order valence-electron chi connectivity index (χ1n) is 10.4. The number of rotatable bonds is 5. The lowest BCUT2D eigenvalue weighted by atomic mass is 9.81. The molecule has 148 valence electrons. The Balaban J connectivity index is 1.40. The number of hydrogen-bond donors (Lipinski definition) is 2. The third kappa shape index (κ3) is 5.97. The van der Waals surface area contributed by atoms with Crippen molar-refractivity contribution in [3.8, 4) is 0 Å². The third-order valence-corrected chi connectivity index (χ3v) is 6.45. The molecule has 0 saturated heterocycles. The van der Waals surface area contributed by atoms with Crippen LogP contribution in [0, 0.1) is 11.8 Å². The molecule has 27 heavy (non-hydrogen) atoms. The van der Waals surface area contributed by atoms with E-state index in [4.69, 9.17) is 11.6 Å². The van der Waals surface area contributed by atoms with Gasteiger partial charge in [0.05, 0.1) is 0 Å². The van der Waals surface area contributed by atoms with Crippen molar-refractivity contribution in [3.63, 3.8) is 0 Å². The Morgan fingerprint density at radius 2 is 1.44 bits per heavy atom. The van der Waals surface area contributed by atoms with Gasteiger partial charge in [-0.3, -0.25) is 9.59 Å². The lowest BCUT2D eigenvalue weighted by Crippen LogP contribution is -2.41. The van der Waals surface area contributed by atoms with E-state index in [1.54, 1.807) is 0 Å². The van der Waals surface area contributed by atoms with E-state index < -0.39 is 0 Å². The van der Waals surface area contributed by atoms with E-state index in [1.165, 1.54) is 25.7 Å². The molecule has 1 aromatic carbocycles. The Hall–Kier alpha value is -1.55. The minimum Gasteiger partial charge on any atom is -0.353 e. The molecular weight excluding hydrogens is 360 g/mol. The van der Waals surface area contributed by atoms with E-state index in [2.05, 4.69) is 10.6 Å². The van der Waals surface area contributed by atoms with Gasteiger partial charge in [0.2, 0.25) is 11.8 Å².